The highest BCUT2D eigenvalue weighted by molar-refractivity contribution is 5.43. The van der Waals surface area contributed by atoms with Crippen molar-refractivity contribution in [2.24, 2.45) is 0 Å². The molecule has 2 N–H and O–H groups in total. The van der Waals surface area contributed by atoms with E-state index in [1.165, 1.54) is 0 Å². The van der Waals surface area contributed by atoms with Gasteiger partial charge in [0.1, 0.15) is 5.75 Å². The SMILES string of the molecule is CN(C)c1noc(COc2cccc(N)c2)n1. The van der Waals surface area contributed by atoms with Crippen LogP contribution in [0.25, 0.3) is 0 Å². The van der Waals surface area contributed by atoms with Gasteiger partial charge >= 0.3 is 0 Å². The minimum Gasteiger partial charge on any atom is -0.484 e. The Morgan fingerprint density at radius 2 is 2.24 bits per heavy atom. The van der Waals surface area contributed by atoms with Crippen molar-refractivity contribution < 1.29 is 9.26 Å². The molecule has 0 fully saturated rings. The smallest absolute Gasteiger partial charge is 0.266 e. The number of anilines is 2. The lowest BCUT2D eigenvalue weighted by atomic mass is 10.3. The second-order valence-corrected chi connectivity index (χ2v) is 3.74. The molecule has 17 heavy (non-hydrogen) atoms. The number of rotatable bonds is 4. The Hall–Kier alpha value is -2.24. The minimum atomic E-state index is 0.226. The van der Waals surface area contributed by atoms with Gasteiger partial charge in [-0.1, -0.05) is 6.07 Å². The van der Waals surface area contributed by atoms with E-state index in [-0.39, 0.29) is 6.61 Å². The highest BCUT2D eigenvalue weighted by atomic mass is 16.5. The quantitative estimate of drug-likeness (QED) is 0.803. The van der Waals surface area contributed by atoms with Crippen molar-refractivity contribution in [3.8, 4) is 5.75 Å². The van der Waals surface area contributed by atoms with Crippen LogP contribution in [0.4, 0.5) is 11.6 Å². The predicted octanol–water partition coefficient (Wildman–Crippen LogP) is 1.30. The zero-order valence-electron chi connectivity index (χ0n) is 9.75. The lowest BCUT2D eigenvalue weighted by molar-refractivity contribution is 0.243. The fourth-order valence-corrected chi connectivity index (χ4v) is 1.24. The molecule has 0 spiro atoms. The normalized spacial score (nSPS) is 10.2. The van der Waals surface area contributed by atoms with Gasteiger partial charge in [-0.15, -0.1) is 0 Å². The Morgan fingerprint density at radius 3 is 2.88 bits per heavy atom. The summed E-state index contributed by atoms with van der Waals surface area (Å²) in [6.07, 6.45) is 0. The molecule has 0 amide bonds. The highest BCUT2D eigenvalue weighted by Crippen LogP contribution is 2.16. The second kappa shape index (κ2) is 4.73. The number of nitrogen functional groups attached to an aromatic ring is 1. The standard InChI is InChI=1S/C11H14N4O2/c1-15(2)11-13-10(17-14-11)7-16-9-5-3-4-8(12)6-9/h3-6H,7,12H2,1-2H3. The summed E-state index contributed by atoms with van der Waals surface area (Å²) in [4.78, 5) is 5.90. The predicted molar refractivity (Wildman–Crippen MR) is 63.8 cm³/mol. The number of benzene rings is 1. The first-order valence-electron chi connectivity index (χ1n) is 5.13. The third kappa shape index (κ3) is 2.87. The topological polar surface area (TPSA) is 77.4 Å². The first kappa shape index (κ1) is 11.3. The molecule has 6 nitrogen and oxygen atoms in total. The van der Waals surface area contributed by atoms with E-state index in [2.05, 4.69) is 10.1 Å². The first-order valence-corrected chi connectivity index (χ1v) is 5.13. The van der Waals surface area contributed by atoms with Crippen molar-refractivity contribution in [1.82, 2.24) is 10.1 Å². The van der Waals surface area contributed by atoms with E-state index in [9.17, 15) is 0 Å². The molecule has 1 heterocycles. The average molecular weight is 234 g/mol. The summed E-state index contributed by atoms with van der Waals surface area (Å²) in [5.74, 6) is 1.63. The monoisotopic (exact) mass is 234 g/mol. The molecule has 6 heteroatoms. The van der Waals surface area contributed by atoms with Crippen LogP contribution in [-0.2, 0) is 6.61 Å². The summed E-state index contributed by atoms with van der Waals surface area (Å²) in [6, 6.07) is 7.18. The Bertz CT molecular complexity index is 496. The van der Waals surface area contributed by atoms with Crippen molar-refractivity contribution >= 4 is 11.6 Å². The van der Waals surface area contributed by atoms with E-state index in [0.717, 1.165) is 0 Å². The van der Waals surface area contributed by atoms with E-state index in [1.807, 2.05) is 26.2 Å². The summed E-state index contributed by atoms with van der Waals surface area (Å²) in [5.41, 5.74) is 6.29. The van der Waals surface area contributed by atoms with E-state index in [4.69, 9.17) is 15.0 Å². The fraction of sp³-hybridized carbons (Fsp3) is 0.273. The molecule has 2 rings (SSSR count). The molecule has 90 valence electrons. The Morgan fingerprint density at radius 1 is 1.41 bits per heavy atom. The molecule has 0 atom stereocenters. The number of hydrogen-bond acceptors (Lipinski definition) is 6. The molecule has 1 aromatic heterocycles. The van der Waals surface area contributed by atoms with Crippen LogP contribution in [0.2, 0.25) is 0 Å². The maximum absolute atomic E-state index is 5.63. The van der Waals surface area contributed by atoms with Crippen molar-refractivity contribution in [2.45, 2.75) is 6.61 Å². The summed E-state index contributed by atoms with van der Waals surface area (Å²) in [7, 11) is 3.68. The largest absolute Gasteiger partial charge is 0.484 e. The molecule has 0 aliphatic heterocycles. The van der Waals surface area contributed by atoms with E-state index < -0.39 is 0 Å². The molecule has 0 saturated heterocycles. The van der Waals surface area contributed by atoms with Gasteiger partial charge in [-0.3, -0.25) is 0 Å². The van der Waals surface area contributed by atoms with Crippen LogP contribution in [0.15, 0.2) is 28.8 Å². The van der Waals surface area contributed by atoms with Gasteiger partial charge in [0, 0.05) is 25.8 Å². The number of ether oxygens (including phenoxy) is 1. The molecular weight excluding hydrogens is 220 g/mol. The van der Waals surface area contributed by atoms with Gasteiger partial charge in [-0.2, -0.15) is 4.98 Å². The van der Waals surface area contributed by atoms with Crippen LogP contribution in [-0.4, -0.2) is 24.2 Å². The number of nitrogens with two attached hydrogens (primary N) is 1. The van der Waals surface area contributed by atoms with Crippen LogP contribution in [0.1, 0.15) is 5.89 Å². The number of hydrogen-bond donors (Lipinski definition) is 1. The maximum Gasteiger partial charge on any atom is 0.266 e. The van der Waals surface area contributed by atoms with Crippen molar-refractivity contribution in [1.29, 1.82) is 0 Å². The minimum absolute atomic E-state index is 0.226. The van der Waals surface area contributed by atoms with Gasteiger partial charge in [-0.25, -0.2) is 0 Å². The summed E-state index contributed by atoms with van der Waals surface area (Å²) >= 11 is 0. The zero-order valence-corrected chi connectivity index (χ0v) is 9.75. The lowest BCUT2D eigenvalue weighted by Gasteiger charge is -2.04. The van der Waals surface area contributed by atoms with Crippen LogP contribution in [0, 0.1) is 0 Å². The Labute approximate surface area is 99.0 Å². The zero-order chi connectivity index (χ0) is 12.3. The van der Waals surface area contributed by atoms with Crippen LogP contribution in [0.5, 0.6) is 5.75 Å². The van der Waals surface area contributed by atoms with Crippen LogP contribution >= 0.6 is 0 Å². The van der Waals surface area contributed by atoms with Crippen molar-refractivity contribution in [3.05, 3.63) is 30.2 Å². The third-order valence-electron chi connectivity index (χ3n) is 2.08. The fourth-order valence-electron chi connectivity index (χ4n) is 1.24. The van der Waals surface area contributed by atoms with Gasteiger partial charge in [0.15, 0.2) is 6.61 Å². The van der Waals surface area contributed by atoms with E-state index >= 15 is 0 Å². The van der Waals surface area contributed by atoms with Crippen LogP contribution < -0.4 is 15.4 Å². The van der Waals surface area contributed by atoms with E-state index in [1.54, 1.807) is 17.0 Å². The van der Waals surface area contributed by atoms with Gasteiger partial charge < -0.3 is 19.9 Å². The molecule has 0 unspecified atom stereocenters. The molecule has 0 radical (unpaired) electrons. The van der Waals surface area contributed by atoms with Gasteiger partial charge in [0.2, 0.25) is 0 Å². The lowest BCUT2D eigenvalue weighted by Crippen LogP contribution is -2.10. The molecule has 2 aromatic rings. The first-order chi connectivity index (χ1) is 8.15. The summed E-state index contributed by atoms with van der Waals surface area (Å²) < 4.78 is 10.5. The summed E-state index contributed by atoms with van der Waals surface area (Å²) in [5, 5.41) is 3.78. The molecule has 0 aliphatic rings. The molecule has 0 aliphatic carbocycles. The molecular formula is C11H14N4O2. The average Bonchev–Trinajstić information content (AvgIpc) is 2.75. The Kier molecular flexibility index (Phi) is 3.13. The van der Waals surface area contributed by atoms with E-state index in [0.29, 0.717) is 23.3 Å². The number of aromatic nitrogens is 2. The molecule has 0 saturated carbocycles. The highest BCUT2D eigenvalue weighted by Gasteiger charge is 2.08. The van der Waals surface area contributed by atoms with Crippen molar-refractivity contribution in [3.63, 3.8) is 0 Å². The second-order valence-electron chi connectivity index (χ2n) is 3.74. The molecule has 1 aromatic carbocycles. The summed E-state index contributed by atoms with van der Waals surface area (Å²) in [6.45, 7) is 0.226. The van der Waals surface area contributed by atoms with Gasteiger partial charge in [-0.05, 0) is 17.3 Å². The number of nitrogens with zero attached hydrogens (tertiary/aromatic N) is 3. The maximum atomic E-state index is 5.63. The Balaban J connectivity index is 1.97. The third-order valence-corrected chi connectivity index (χ3v) is 2.08. The van der Waals surface area contributed by atoms with Gasteiger partial charge in [0.05, 0.1) is 0 Å². The molecule has 0 bridgehead atoms. The van der Waals surface area contributed by atoms with Crippen LogP contribution in [0.3, 0.4) is 0 Å². The van der Waals surface area contributed by atoms with Crippen molar-refractivity contribution in [2.75, 3.05) is 24.7 Å². The van der Waals surface area contributed by atoms with Gasteiger partial charge in [0.25, 0.3) is 11.8 Å².